The molecule has 1 nitrogen and oxygen atoms in total. The average molecular weight is 180 g/mol. The van der Waals surface area contributed by atoms with Crippen LogP contribution in [0.5, 0.6) is 5.75 Å². The van der Waals surface area contributed by atoms with Gasteiger partial charge in [-0.2, -0.15) is 0 Å². The first-order valence-electron chi connectivity index (χ1n) is 4.50. The number of benzene rings is 1. The second-order valence-corrected chi connectivity index (χ2v) is 3.91. The van der Waals surface area contributed by atoms with Crippen LogP contribution in [0.4, 0.5) is 4.39 Å². The molecule has 0 amide bonds. The van der Waals surface area contributed by atoms with E-state index in [-0.39, 0.29) is 11.2 Å². The predicted octanol–water partition coefficient (Wildman–Crippen LogP) is 2.89. The van der Waals surface area contributed by atoms with Gasteiger partial charge in [-0.25, -0.2) is 4.39 Å². The molecule has 1 fully saturated rings. The second kappa shape index (κ2) is 2.72. The molecule has 1 saturated carbocycles. The van der Waals surface area contributed by atoms with Gasteiger partial charge in [0, 0.05) is 0 Å². The van der Waals surface area contributed by atoms with E-state index >= 15 is 0 Å². The molecule has 2 rings (SSSR count). The smallest absolute Gasteiger partial charge is 0.165 e. The number of rotatable bonds is 2. The molecule has 0 aliphatic heterocycles. The summed E-state index contributed by atoms with van der Waals surface area (Å²) in [7, 11) is 1.48. The summed E-state index contributed by atoms with van der Waals surface area (Å²) in [6, 6.07) is 5.25. The van der Waals surface area contributed by atoms with Crippen LogP contribution in [0.15, 0.2) is 18.2 Å². The Kier molecular flexibility index (Phi) is 1.79. The zero-order valence-electron chi connectivity index (χ0n) is 7.93. The van der Waals surface area contributed by atoms with E-state index in [2.05, 4.69) is 6.92 Å². The fourth-order valence-corrected chi connectivity index (χ4v) is 1.52. The lowest BCUT2D eigenvalue weighted by atomic mass is 9.98. The Morgan fingerprint density at radius 3 is 2.54 bits per heavy atom. The molecular formula is C11H13FO. The van der Waals surface area contributed by atoms with E-state index in [0.717, 1.165) is 5.56 Å². The summed E-state index contributed by atoms with van der Waals surface area (Å²) in [5.41, 5.74) is 1.32. The second-order valence-electron chi connectivity index (χ2n) is 3.91. The van der Waals surface area contributed by atoms with Crippen molar-refractivity contribution in [1.29, 1.82) is 0 Å². The van der Waals surface area contributed by atoms with Gasteiger partial charge in [-0.1, -0.05) is 13.0 Å². The van der Waals surface area contributed by atoms with E-state index in [9.17, 15) is 4.39 Å². The van der Waals surface area contributed by atoms with Crippen molar-refractivity contribution in [2.45, 2.75) is 25.2 Å². The third-order valence-electron chi connectivity index (χ3n) is 2.85. The van der Waals surface area contributed by atoms with E-state index in [0.29, 0.717) is 5.75 Å². The topological polar surface area (TPSA) is 9.23 Å². The van der Waals surface area contributed by atoms with Crippen LogP contribution in [0.25, 0.3) is 0 Å². The lowest BCUT2D eigenvalue weighted by Crippen LogP contribution is -2.00. The van der Waals surface area contributed by atoms with Crippen molar-refractivity contribution in [3.05, 3.63) is 29.6 Å². The number of methoxy groups -OCH3 is 1. The van der Waals surface area contributed by atoms with Gasteiger partial charge in [0.2, 0.25) is 0 Å². The molecule has 0 aromatic heterocycles. The summed E-state index contributed by atoms with van der Waals surface area (Å²) < 4.78 is 18.1. The van der Waals surface area contributed by atoms with Crippen LogP contribution < -0.4 is 4.74 Å². The highest BCUT2D eigenvalue weighted by atomic mass is 19.1. The molecule has 1 aromatic rings. The number of hydrogen-bond acceptors (Lipinski definition) is 1. The maximum absolute atomic E-state index is 13.3. The Hall–Kier alpha value is -1.05. The van der Waals surface area contributed by atoms with Gasteiger partial charge in [0.05, 0.1) is 7.11 Å². The van der Waals surface area contributed by atoms with E-state index in [1.807, 2.05) is 6.07 Å². The van der Waals surface area contributed by atoms with Gasteiger partial charge in [-0.15, -0.1) is 0 Å². The zero-order chi connectivity index (χ0) is 9.47. The lowest BCUT2D eigenvalue weighted by molar-refractivity contribution is 0.386. The summed E-state index contributed by atoms with van der Waals surface area (Å²) in [5.74, 6) is 0.0705. The molecule has 70 valence electrons. The largest absolute Gasteiger partial charge is 0.494 e. The summed E-state index contributed by atoms with van der Waals surface area (Å²) >= 11 is 0. The first-order valence-corrected chi connectivity index (χ1v) is 4.50. The van der Waals surface area contributed by atoms with Gasteiger partial charge in [0.1, 0.15) is 0 Å². The van der Waals surface area contributed by atoms with Crippen molar-refractivity contribution in [1.82, 2.24) is 0 Å². The Labute approximate surface area is 77.5 Å². The summed E-state index contributed by atoms with van der Waals surface area (Å²) in [5, 5.41) is 0. The Morgan fingerprint density at radius 2 is 2.08 bits per heavy atom. The lowest BCUT2D eigenvalue weighted by Gasteiger charge is -2.10. The molecule has 0 atom stereocenters. The van der Waals surface area contributed by atoms with Crippen LogP contribution in [0, 0.1) is 5.82 Å². The minimum atomic E-state index is -0.256. The highest BCUT2D eigenvalue weighted by Crippen LogP contribution is 2.48. The standard InChI is InChI=1S/C11H13FO/c1-11(5-6-11)8-3-4-10(13-2)9(12)7-8/h3-4,7H,5-6H2,1-2H3. The van der Waals surface area contributed by atoms with Gasteiger partial charge >= 0.3 is 0 Å². The fraction of sp³-hybridized carbons (Fsp3) is 0.455. The van der Waals surface area contributed by atoms with E-state index < -0.39 is 0 Å². The third kappa shape index (κ3) is 1.41. The van der Waals surface area contributed by atoms with Crippen LogP contribution in [0.1, 0.15) is 25.3 Å². The van der Waals surface area contributed by atoms with Crippen LogP contribution in [0.2, 0.25) is 0 Å². The van der Waals surface area contributed by atoms with E-state index in [1.54, 1.807) is 12.1 Å². The Morgan fingerprint density at radius 1 is 1.38 bits per heavy atom. The molecule has 0 radical (unpaired) electrons. The maximum Gasteiger partial charge on any atom is 0.165 e. The molecule has 0 heterocycles. The molecule has 1 aliphatic rings. The molecule has 0 bridgehead atoms. The normalized spacial score (nSPS) is 18.4. The zero-order valence-corrected chi connectivity index (χ0v) is 7.93. The van der Waals surface area contributed by atoms with E-state index in [1.165, 1.54) is 20.0 Å². The molecular weight excluding hydrogens is 167 g/mol. The first kappa shape index (κ1) is 8.54. The summed E-state index contributed by atoms with van der Waals surface area (Å²) in [6.07, 6.45) is 2.33. The molecule has 0 N–H and O–H groups in total. The molecule has 13 heavy (non-hydrogen) atoms. The molecule has 0 saturated heterocycles. The molecule has 2 heteroatoms. The Bertz CT molecular complexity index is 329. The molecule has 1 aromatic carbocycles. The highest BCUT2D eigenvalue weighted by Gasteiger charge is 2.39. The van der Waals surface area contributed by atoms with Gasteiger partial charge in [-0.05, 0) is 36.0 Å². The minimum Gasteiger partial charge on any atom is -0.494 e. The van der Waals surface area contributed by atoms with Crippen molar-refractivity contribution < 1.29 is 9.13 Å². The summed E-state index contributed by atoms with van der Waals surface area (Å²) in [6.45, 7) is 2.16. The monoisotopic (exact) mass is 180 g/mol. The van der Waals surface area contributed by atoms with Gasteiger partial charge in [0.25, 0.3) is 0 Å². The quantitative estimate of drug-likeness (QED) is 0.680. The SMILES string of the molecule is COc1ccc(C2(C)CC2)cc1F. The maximum atomic E-state index is 13.3. The highest BCUT2D eigenvalue weighted by molar-refractivity contribution is 5.36. The van der Waals surface area contributed by atoms with Gasteiger partial charge in [0.15, 0.2) is 11.6 Å². The van der Waals surface area contributed by atoms with Crippen molar-refractivity contribution in [3.63, 3.8) is 0 Å². The number of ether oxygens (including phenoxy) is 1. The fourth-order valence-electron chi connectivity index (χ4n) is 1.52. The van der Waals surface area contributed by atoms with Crippen molar-refractivity contribution in [2.75, 3.05) is 7.11 Å². The van der Waals surface area contributed by atoms with Gasteiger partial charge in [-0.3, -0.25) is 0 Å². The van der Waals surface area contributed by atoms with Crippen LogP contribution in [-0.2, 0) is 5.41 Å². The summed E-state index contributed by atoms with van der Waals surface area (Å²) in [4.78, 5) is 0. The Balaban J connectivity index is 2.36. The van der Waals surface area contributed by atoms with Crippen molar-refractivity contribution in [2.24, 2.45) is 0 Å². The minimum absolute atomic E-state index is 0.229. The van der Waals surface area contributed by atoms with E-state index in [4.69, 9.17) is 4.74 Å². The first-order chi connectivity index (χ1) is 6.15. The molecule has 1 aliphatic carbocycles. The van der Waals surface area contributed by atoms with Crippen molar-refractivity contribution >= 4 is 0 Å². The number of halogens is 1. The van der Waals surface area contributed by atoms with Crippen LogP contribution in [0.3, 0.4) is 0 Å². The number of hydrogen-bond donors (Lipinski definition) is 0. The average Bonchev–Trinajstić information content (AvgIpc) is 2.85. The molecule has 0 unspecified atom stereocenters. The molecule has 0 spiro atoms. The van der Waals surface area contributed by atoms with Crippen molar-refractivity contribution in [3.8, 4) is 5.75 Å². The van der Waals surface area contributed by atoms with Crippen LogP contribution in [-0.4, -0.2) is 7.11 Å². The predicted molar refractivity (Wildman–Crippen MR) is 49.5 cm³/mol. The van der Waals surface area contributed by atoms with Crippen LogP contribution >= 0.6 is 0 Å². The van der Waals surface area contributed by atoms with Gasteiger partial charge < -0.3 is 4.74 Å². The third-order valence-corrected chi connectivity index (χ3v) is 2.85.